The minimum atomic E-state index is -3.65. The normalized spacial score (nSPS) is 21.7. The second kappa shape index (κ2) is 9.88. The lowest BCUT2D eigenvalue weighted by Crippen LogP contribution is -2.48. The van der Waals surface area contributed by atoms with Crippen LogP contribution in [0.15, 0.2) is 21.7 Å². The highest BCUT2D eigenvalue weighted by Crippen LogP contribution is 2.27. The van der Waals surface area contributed by atoms with Gasteiger partial charge in [-0.05, 0) is 44.1 Å². The molecular weight excluding hydrogens is 430 g/mol. The number of sulfonamides is 1. The third-order valence-electron chi connectivity index (χ3n) is 5.40. The van der Waals surface area contributed by atoms with E-state index in [1.54, 1.807) is 11.4 Å². The first-order valence-corrected chi connectivity index (χ1v) is 12.4. The molecule has 1 aromatic heterocycles. The number of imide groups is 1. The van der Waals surface area contributed by atoms with Gasteiger partial charge in [0.2, 0.25) is 0 Å². The predicted molar refractivity (Wildman–Crippen MR) is 110 cm³/mol. The van der Waals surface area contributed by atoms with Gasteiger partial charge < -0.3 is 10.1 Å². The Morgan fingerprint density at radius 1 is 1.20 bits per heavy atom. The number of hydrogen-bond donors (Lipinski definition) is 2. The zero-order valence-electron chi connectivity index (χ0n) is 16.8. The molecule has 166 valence electrons. The summed E-state index contributed by atoms with van der Waals surface area (Å²) >= 11 is 1.13. The van der Waals surface area contributed by atoms with Crippen LogP contribution < -0.4 is 10.6 Å². The van der Waals surface area contributed by atoms with E-state index in [-0.39, 0.29) is 16.8 Å². The van der Waals surface area contributed by atoms with E-state index in [0.717, 1.165) is 37.0 Å². The fourth-order valence-electron chi connectivity index (χ4n) is 3.72. The minimum Gasteiger partial charge on any atom is -0.452 e. The van der Waals surface area contributed by atoms with Gasteiger partial charge in [-0.3, -0.25) is 14.9 Å². The van der Waals surface area contributed by atoms with Crippen LogP contribution in [0.1, 0.15) is 45.4 Å². The molecule has 3 amide bonds. The summed E-state index contributed by atoms with van der Waals surface area (Å²) in [5.41, 5.74) is 0. The number of esters is 1. The second-order valence-electron chi connectivity index (χ2n) is 7.66. The second-order valence-corrected chi connectivity index (χ2v) is 10.8. The third kappa shape index (κ3) is 5.58. The standard InChI is InChI=1S/C19H27N3O6S2/c1-13(17(23)21-19(25)20-15-7-2-3-8-15)28-18(24)14-6-4-10-22(12-14)30(26,27)16-9-5-11-29-16/h5,9,11,13-15H,2-4,6-8,10,12H2,1H3,(H2,20,21,23,25). The van der Waals surface area contributed by atoms with Gasteiger partial charge in [0.15, 0.2) is 6.10 Å². The topological polar surface area (TPSA) is 122 Å². The van der Waals surface area contributed by atoms with Crippen molar-refractivity contribution in [2.24, 2.45) is 5.92 Å². The van der Waals surface area contributed by atoms with Gasteiger partial charge in [0.05, 0.1) is 5.92 Å². The van der Waals surface area contributed by atoms with Crippen LogP contribution in [0.5, 0.6) is 0 Å². The molecule has 9 nitrogen and oxygen atoms in total. The molecule has 1 aromatic rings. The van der Waals surface area contributed by atoms with E-state index < -0.39 is 40.0 Å². The molecule has 1 saturated carbocycles. The average Bonchev–Trinajstić information content (AvgIpc) is 3.42. The van der Waals surface area contributed by atoms with Crippen LogP contribution in [0.2, 0.25) is 0 Å². The smallest absolute Gasteiger partial charge is 0.321 e. The predicted octanol–water partition coefficient (Wildman–Crippen LogP) is 1.85. The van der Waals surface area contributed by atoms with Crippen molar-refractivity contribution in [1.29, 1.82) is 0 Å². The largest absolute Gasteiger partial charge is 0.452 e. The number of thiophene rings is 1. The Labute approximate surface area is 180 Å². The quantitative estimate of drug-likeness (QED) is 0.629. The average molecular weight is 458 g/mol. The Kier molecular flexibility index (Phi) is 7.48. The summed E-state index contributed by atoms with van der Waals surface area (Å²) in [7, 11) is -3.65. The summed E-state index contributed by atoms with van der Waals surface area (Å²) in [5.74, 6) is -2.01. The molecule has 2 aliphatic rings. The van der Waals surface area contributed by atoms with Gasteiger partial charge in [-0.2, -0.15) is 4.31 Å². The summed E-state index contributed by atoms with van der Waals surface area (Å²) < 4.78 is 32.1. The molecule has 2 atom stereocenters. The van der Waals surface area contributed by atoms with Gasteiger partial charge in [0, 0.05) is 19.1 Å². The number of ether oxygens (including phenoxy) is 1. The van der Waals surface area contributed by atoms with E-state index >= 15 is 0 Å². The molecule has 2 heterocycles. The number of carbonyl (C=O) groups is 3. The first-order valence-electron chi connectivity index (χ1n) is 10.1. The van der Waals surface area contributed by atoms with Crippen LogP contribution in [0.4, 0.5) is 4.79 Å². The molecule has 30 heavy (non-hydrogen) atoms. The molecule has 2 N–H and O–H groups in total. The van der Waals surface area contributed by atoms with Crippen LogP contribution in [-0.4, -0.2) is 55.9 Å². The van der Waals surface area contributed by atoms with Gasteiger partial charge in [0.25, 0.3) is 15.9 Å². The van der Waals surface area contributed by atoms with Crippen molar-refractivity contribution < 1.29 is 27.5 Å². The minimum absolute atomic E-state index is 0.00950. The maximum absolute atomic E-state index is 12.7. The van der Waals surface area contributed by atoms with E-state index in [4.69, 9.17) is 4.74 Å². The molecule has 1 saturated heterocycles. The van der Waals surface area contributed by atoms with Gasteiger partial charge >= 0.3 is 12.0 Å². The Hall–Kier alpha value is -1.98. The molecule has 1 aliphatic carbocycles. The number of piperidine rings is 1. The Balaban J connectivity index is 1.50. The Bertz CT molecular complexity index is 865. The Morgan fingerprint density at radius 3 is 2.60 bits per heavy atom. The van der Waals surface area contributed by atoms with E-state index in [2.05, 4.69) is 10.6 Å². The molecule has 1 aliphatic heterocycles. The molecule has 0 radical (unpaired) electrons. The van der Waals surface area contributed by atoms with Gasteiger partial charge in [-0.15, -0.1) is 11.3 Å². The molecule has 0 aromatic carbocycles. The van der Waals surface area contributed by atoms with Crippen LogP contribution in [-0.2, 0) is 24.3 Å². The van der Waals surface area contributed by atoms with Gasteiger partial charge in [-0.1, -0.05) is 18.9 Å². The third-order valence-corrected chi connectivity index (χ3v) is 8.63. The lowest BCUT2D eigenvalue weighted by Gasteiger charge is -2.30. The number of hydrogen-bond acceptors (Lipinski definition) is 7. The van der Waals surface area contributed by atoms with Crippen molar-refractivity contribution in [3.05, 3.63) is 17.5 Å². The number of nitrogens with one attached hydrogen (secondary N) is 2. The van der Waals surface area contributed by atoms with Crippen molar-refractivity contribution in [2.75, 3.05) is 13.1 Å². The highest BCUT2D eigenvalue weighted by atomic mass is 32.2. The zero-order chi connectivity index (χ0) is 21.7. The van der Waals surface area contributed by atoms with Crippen molar-refractivity contribution in [3.8, 4) is 0 Å². The van der Waals surface area contributed by atoms with Gasteiger partial charge in [-0.25, -0.2) is 13.2 Å². The number of urea groups is 1. The molecule has 0 spiro atoms. The van der Waals surface area contributed by atoms with E-state index in [1.165, 1.54) is 17.3 Å². The van der Waals surface area contributed by atoms with E-state index in [9.17, 15) is 22.8 Å². The summed E-state index contributed by atoms with van der Waals surface area (Å²) in [6, 6.07) is 2.66. The maximum Gasteiger partial charge on any atom is 0.321 e. The monoisotopic (exact) mass is 457 g/mol. The van der Waals surface area contributed by atoms with Gasteiger partial charge in [0.1, 0.15) is 4.21 Å². The molecular formula is C19H27N3O6S2. The Morgan fingerprint density at radius 2 is 1.93 bits per heavy atom. The van der Waals surface area contributed by atoms with E-state index in [0.29, 0.717) is 19.4 Å². The molecule has 0 bridgehead atoms. The van der Waals surface area contributed by atoms with Crippen LogP contribution >= 0.6 is 11.3 Å². The number of nitrogens with zero attached hydrogens (tertiary/aromatic N) is 1. The summed E-state index contributed by atoms with van der Waals surface area (Å²) in [4.78, 5) is 36.6. The molecule has 3 rings (SSSR count). The fraction of sp³-hybridized carbons (Fsp3) is 0.632. The van der Waals surface area contributed by atoms with E-state index in [1.807, 2.05) is 0 Å². The molecule has 2 unspecified atom stereocenters. The SMILES string of the molecule is CC(OC(=O)C1CCCN(S(=O)(=O)c2cccs2)C1)C(=O)NC(=O)NC1CCCC1. The summed E-state index contributed by atoms with van der Waals surface area (Å²) in [5, 5.41) is 6.61. The van der Waals surface area contributed by atoms with Crippen LogP contribution in [0.3, 0.4) is 0 Å². The zero-order valence-corrected chi connectivity index (χ0v) is 18.5. The van der Waals surface area contributed by atoms with Crippen molar-refractivity contribution >= 4 is 39.3 Å². The highest BCUT2D eigenvalue weighted by Gasteiger charge is 2.35. The molecule has 2 fully saturated rings. The number of amides is 3. The summed E-state index contributed by atoms with van der Waals surface area (Å²) in [6.07, 6.45) is 3.72. The van der Waals surface area contributed by atoms with Crippen LogP contribution in [0.25, 0.3) is 0 Å². The molecule has 11 heteroatoms. The highest BCUT2D eigenvalue weighted by molar-refractivity contribution is 7.91. The lowest BCUT2D eigenvalue weighted by atomic mass is 10.00. The van der Waals surface area contributed by atoms with Crippen molar-refractivity contribution in [2.45, 2.75) is 61.8 Å². The maximum atomic E-state index is 12.7. The lowest BCUT2D eigenvalue weighted by molar-refractivity contribution is -0.159. The van der Waals surface area contributed by atoms with Crippen LogP contribution in [0, 0.1) is 5.92 Å². The first-order chi connectivity index (χ1) is 14.3. The van der Waals surface area contributed by atoms with Crippen molar-refractivity contribution in [1.82, 2.24) is 14.9 Å². The number of carbonyl (C=O) groups excluding carboxylic acids is 3. The first kappa shape index (κ1) is 22.7. The summed E-state index contributed by atoms with van der Waals surface area (Å²) in [6.45, 7) is 1.73. The number of rotatable bonds is 6. The van der Waals surface area contributed by atoms with Crippen molar-refractivity contribution in [3.63, 3.8) is 0 Å². The fourth-order valence-corrected chi connectivity index (χ4v) is 6.39.